The Bertz CT molecular complexity index is 604. The minimum Gasteiger partial charge on any atom is -0.351 e. The summed E-state index contributed by atoms with van der Waals surface area (Å²) in [6.45, 7) is 2.12. The van der Waals surface area contributed by atoms with Gasteiger partial charge in [0, 0.05) is 32.3 Å². The summed E-state index contributed by atoms with van der Waals surface area (Å²) in [7, 11) is 0. The van der Waals surface area contributed by atoms with Crippen LogP contribution >= 0.6 is 23.2 Å². The third-order valence-corrected chi connectivity index (χ3v) is 4.22. The molecule has 2 N–H and O–H groups in total. The normalized spacial score (nSPS) is 15.9. The Hall–Kier alpha value is -1.72. The third-order valence-electron chi connectivity index (χ3n) is 3.48. The first kappa shape index (κ1) is 16.6. The highest BCUT2D eigenvalue weighted by molar-refractivity contribution is 6.42. The van der Waals surface area contributed by atoms with Gasteiger partial charge in [-0.2, -0.15) is 0 Å². The molecule has 0 aromatic heterocycles. The van der Waals surface area contributed by atoms with Gasteiger partial charge in [-0.05, 0) is 30.2 Å². The summed E-state index contributed by atoms with van der Waals surface area (Å²) in [6, 6.07) is 4.73. The maximum Gasteiger partial charge on any atom is 0.314 e. The molecule has 22 heavy (non-hydrogen) atoms. The van der Waals surface area contributed by atoms with Gasteiger partial charge in [-0.3, -0.25) is 4.79 Å². The van der Waals surface area contributed by atoms with Crippen molar-refractivity contribution < 1.29 is 9.59 Å². The second kappa shape index (κ2) is 7.51. The lowest BCUT2D eigenvalue weighted by atomic mass is 10.2. The predicted octanol–water partition coefficient (Wildman–Crippen LogP) is 2.62. The third kappa shape index (κ3) is 4.39. The number of hydrogen-bond donors (Lipinski definition) is 1. The number of rotatable bonds is 2. The highest BCUT2D eigenvalue weighted by Gasteiger charge is 2.19. The predicted molar refractivity (Wildman–Crippen MR) is 87.8 cm³/mol. The van der Waals surface area contributed by atoms with Crippen LogP contribution in [0.4, 0.5) is 4.79 Å². The van der Waals surface area contributed by atoms with Crippen molar-refractivity contribution in [3.63, 3.8) is 0 Å². The zero-order valence-corrected chi connectivity index (χ0v) is 13.5. The lowest BCUT2D eigenvalue weighted by Gasteiger charge is -2.19. The molecule has 0 atom stereocenters. The maximum absolute atomic E-state index is 12.2. The fourth-order valence-corrected chi connectivity index (χ4v) is 2.55. The molecule has 0 unspecified atom stereocenters. The average Bonchev–Trinajstić information content (AvgIpc) is 2.74. The van der Waals surface area contributed by atoms with E-state index in [9.17, 15) is 9.59 Å². The number of carbonyl (C=O) groups is 2. The zero-order valence-electron chi connectivity index (χ0n) is 12.0. The highest BCUT2D eigenvalue weighted by Crippen LogP contribution is 2.23. The molecule has 1 aromatic carbocycles. The van der Waals surface area contributed by atoms with Gasteiger partial charge >= 0.3 is 6.03 Å². The van der Waals surface area contributed by atoms with Crippen LogP contribution in [0.3, 0.4) is 0 Å². The van der Waals surface area contributed by atoms with Crippen molar-refractivity contribution in [2.45, 2.75) is 6.42 Å². The van der Waals surface area contributed by atoms with Crippen LogP contribution in [0.25, 0.3) is 6.08 Å². The fourth-order valence-electron chi connectivity index (χ4n) is 2.25. The van der Waals surface area contributed by atoms with Crippen molar-refractivity contribution in [3.05, 3.63) is 39.9 Å². The lowest BCUT2D eigenvalue weighted by Crippen LogP contribution is -2.39. The van der Waals surface area contributed by atoms with Crippen molar-refractivity contribution in [1.82, 2.24) is 9.80 Å². The fraction of sp³-hybridized carbons (Fsp3) is 0.333. The number of benzene rings is 1. The van der Waals surface area contributed by atoms with E-state index >= 15 is 0 Å². The second-order valence-corrected chi connectivity index (χ2v) is 5.83. The van der Waals surface area contributed by atoms with Crippen molar-refractivity contribution >= 4 is 41.2 Å². The molecular formula is C15H17Cl2N3O2. The van der Waals surface area contributed by atoms with E-state index in [0.29, 0.717) is 36.2 Å². The van der Waals surface area contributed by atoms with Crippen LogP contribution in [0.1, 0.15) is 12.0 Å². The first-order valence-corrected chi connectivity index (χ1v) is 7.69. The lowest BCUT2D eigenvalue weighted by molar-refractivity contribution is -0.125. The smallest absolute Gasteiger partial charge is 0.314 e. The van der Waals surface area contributed by atoms with Crippen molar-refractivity contribution in [1.29, 1.82) is 0 Å². The molecule has 1 fully saturated rings. The van der Waals surface area contributed by atoms with Crippen LogP contribution in [0.15, 0.2) is 24.3 Å². The largest absolute Gasteiger partial charge is 0.351 e. The zero-order chi connectivity index (χ0) is 16.1. The molecule has 1 aliphatic rings. The van der Waals surface area contributed by atoms with Crippen LogP contribution in [0.5, 0.6) is 0 Å². The molecule has 1 aliphatic heterocycles. The molecule has 7 heteroatoms. The molecule has 0 aliphatic carbocycles. The van der Waals surface area contributed by atoms with Gasteiger partial charge in [-0.1, -0.05) is 29.3 Å². The number of carbonyl (C=O) groups excluding carboxylic acids is 2. The maximum atomic E-state index is 12.2. The Morgan fingerprint density at radius 2 is 1.73 bits per heavy atom. The summed E-state index contributed by atoms with van der Waals surface area (Å²) in [6.07, 6.45) is 3.91. The average molecular weight is 342 g/mol. The molecule has 0 radical (unpaired) electrons. The Kier molecular flexibility index (Phi) is 5.69. The number of halogens is 2. The van der Waals surface area contributed by atoms with E-state index < -0.39 is 6.03 Å². The van der Waals surface area contributed by atoms with Gasteiger partial charge in [0.05, 0.1) is 10.0 Å². The van der Waals surface area contributed by atoms with Gasteiger partial charge in [-0.15, -0.1) is 0 Å². The quantitative estimate of drug-likeness (QED) is 0.840. The molecule has 0 saturated carbocycles. The number of nitrogens with zero attached hydrogens (tertiary/aromatic N) is 2. The van der Waals surface area contributed by atoms with Crippen LogP contribution in [-0.2, 0) is 4.79 Å². The number of primary amides is 1. The van der Waals surface area contributed by atoms with E-state index in [4.69, 9.17) is 28.9 Å². The molecule has 5 nitrogen and oxygen atoms in total. The summed E-state index contributed by atoms with van der Waals surface area (Å²) in [5.41, 5.74) is 6.07. The highest BCUT2D eigenvalue weighted by atomic mass is 35.5. The van der Waals surface area contributed by atoms with Gasteiger partial charge in [0.2, 0.25) is 5.91 Å². The van der Waals surface area contributed by atoms with Gasteiger partial charge < -0.3 is 15.5 Å². The van der Waals surface area contributed by atoms with E-state index in [0.717, 1.165) is 12.0 Å². The minimum absolute atomic E-state index is 0.0996. The number of amides is 3. The van der Waals surface area contributed by atoms with E-state index in [-0.39, 0.29) is 5.91 Å². The molecule has 0 bridgehead atoms. The number of nitrogens with two attached hydrogens (primary N) is 1. The molecule has 0 spiro atoms. The van der Waals surface area contributed by atoms with Crippen LogP contribution < -0.4 is 5.73 Å². The molecular weight excluding hydrogens is 325 g/mol. The summed E-state index contributed by atoms with van der Waals surface area (Å²) >= 11 is 11.8. The summed E-state index contributed by atoms with van der Waals surface area (Å²) in [5.74, 6) is -0.0996. The molecule has 118 valence electrons. The number of hydrogen-bond acceptors (Lipinski definition) is 2. The molecule has 3 amide bonds. The Morgan fingerprint density at radius 3 is 2.41 bits per heavy atom. The van der Waals surface area contributed by atoms with Crippen LogP contribution in [-0.4, -0.2) is 47.9 Å². The topological polar surface area (TPSA) is 66.6 Å². The summed E-state index contributed by atoms with van der Waals surface area (Å²) in [5, 5.41) is 0.923. The monoisotopic (exact) mass is 341 g/mol. The summed E-state index contributed by atoms with van der Waals surface area (Å²) < 4.78 is 0. The standard InChI is InChI=1S/C15H17Cl2N3O2/c16-12-4-2-11(10-13(12)17)3-5-14(21)19-6-1-7-20(9-8-19)15(18)22/h2-5,10H,1,6-9H2,(H2,18,22)/b5-3+. The first-order chi connectivity index (χ1) is 10.5. The molecule has 2 rings (SSSR count). The van der Waals surface area contributed by atoms with Crippen molar-refractivity contribution in [3.8, 4) is 0 Å². The first-order valence-electron chi connectivity index (χ1n) is 6.94. The van der Waals surface area contributed by atoms with E-state index in [2.05, 4.69) is 0 Å². The molecule has 1 saturated heterocycles. The van der Waals surface area contributed by atoms with E-state index in [1.807, 2.05) is 0 Å². The Morgan fingerprint density at radius 1 is 1.05 bits per heavy atom. The van der Waals surface area contributed by atoms with Gasteiger partial charge in [0.25, 0.3) is 0 Å². The Labute approximate surface area is 139 Å². The second-order valence-electron chi connectivity index (χ2n) is 5.01. The van der Waals surface area contributed by atoms with E-state index in [1.54, 1.807) is 34.1 Å². The van der Waals surface area contributed by atoms with E-state index in [1.165, 1.54) is 6.08 Å². The number of urea groups is 1. The Balaban J connectivity index is 1.97. The van der Waals surface area contributed by atoms with Gasteiger partial charge in [0.15, 0.2) is 0 Å². The summed E-state index contributed by atoms with van der Waals surface area (Å²) in [4.78, 5) is 26.6. The van der Waals surface area contributed by atoms with Crippen molar-refractivity contribution in [2.75, 3.05) is 26.2 Å². The van der Waals surface area contributed by atoms with Gasteiger partial charge in [0.1, 0.15) is 0 Å². The van der Waals surface area contributed by atoms with Crippen LogP contribution in [0.2, 0.25) is 10.0 Å². The molecule has 1 heterocycles. The van der Waals surface area contributed by atoms with Crippen LogP contribution in [0, 0.1) is 0 Å². The van der Waals surface area contributed by atoms with Gasteiger partial charge in [-0.25, -0.2) is 4.79 Å². The van der Waals surface area contributed by atoms with Crippen molar-refractivity contribution in [2.24, 2.45) is 5.73 Å². The SMILES string of the molecule is NC(=O)N1CCCN(C(=O)/C=C/c2ccc(Cl)c(Cl)c2)CC1. The molecule has 1 aromatic rings. The minimum atomic E-state index is -0.444.